The second-order valence-electron chi connectivity index (χ2n) is 7.11. The topological polar surface area (TPSA) is 89.0 Å². The van der Waals surface area contributed by atoms with E-state index in [4.69, 9.17) is 9.72 Å². The Bertz CT molecular complexity index is 1020. The number of thioether (sulfide) groups is 1. The van der Waals surface area contributed by atoms with Gasteiger partial charge >= 0.3 is 6.09 Å². The lowest BCUT2D eigenvalue weighted by Crippen LogP contribution is -2.24. The van der Waals surface area contributed by atoms with Crippen molar-refractivity contribution in [1.82, 2.24) is 20.3 Å². The molecule has 3 rings (SSSR count). The third-order valence-electron chi connectivity index (χ3n) is 4.23. The molecule has 0 radical (unpaired) electrons. The van der Waals surface area contributed by atoms with Gasteiger partial charge in [-0.3, -0.25) is 0 Å². The fourth-order valence-electron chi connectivity index (χ4n) is 2.80. The highest BCUT2D eigenvalue weighted by molar-refractivity contribution is 7.98. The van der Waals surface area contributed by atoms with Crippen molar-refractivity contribution in [3.63, 3.8) is 0 Å². The van der Waals surface area contributed by atoms with Gasteiger partial charge in [0, 0.05) is 24.3 Å². The minimum absolute atomic E-state index is 0.169. The number of ether oxygens (including phenoxy) is 1. The van der Waals surface area contributed by atoms with Crippen LogP contribution in [0.25, 0.3) is 21.8 Å². The first-order chi connectivity index (χ1) is 15.0. The van der Waals surface area contributed by atoms with E-state index < -0.39 is 6.09 Å². The Kier molecular flexibility index (Phi) is 8.25. The Labute approximate surface area is 191 Å². The standard InChI is InChI=1S/C22H27N5O2S2/c1-5-10-23-22(28)29-13-15-8-6-7-9-16(15)17-11-18(27-21(26-17)30-4)19-12-24-20(31-19)25-14(2)3/h6-9,11-12,14H,5,10,13H2,1-4H3,(H,23,28)(H,24,25). The molecular weight excluding hydrogens is 430 g/mol. The lowest BCUT2D eigenvalue weighted by molar-refractivity contribution is 0.140. The van der Waals surface area contributed by atoms with Crippen molar-refractivity contribution in [1.29, 1.82) is 0 Å². The Morgan fingerprint density at radius 3 is 2.74 bits per heavy atom. The smallest absolute Gasteiger partial charge is 0.407 e. The average Bonchev–Trinajstić information content (AvgIpc) is 3.24. The predicted octanol–water partition coefficient (Wildman–Crippen LogP) is 5.45. The molecule has 0 bridgehead atoms. The lowest BCUT2D eigenvalue weighted by atomic mass is 10.0. The highest BCUT2D eigenvalue weighted by atomic mass is 32.2. The third kappa shape index (κ3) is 6.41. The lowest BCUT2D eigenvalue weighted by Gasteiger charge is -2.12. The number of carbonyl (C=O) groups excluding carboxylic acids is 1. The van der Waals surface area contributed by atoms with E-state index in [1.54, 1.807) is 11.3 Å². The molecule has 3 aromatic rings. The summed E-state index contributed by atoms with van der Waals surface area (Å²) in [5.41, 5.74) is 3.40. The minimum atomic E-state index is -0.417. The van der Waals surface area contributed by atoms with E-state index in [2.05, 4.69) is 34.4 Å². The summed E-state index contributed by atoms with van der Waals surface area (Å²) in [6.07, 6.45) is 4.23. The van der Waals surface area contributed by atoms with Crippen LogP contribution in [0.15, 0.2) is 41.7 Å². The van der Waals surface area contributed by atoms with E-state index in [0.717, 1.165) is 38.9 Å². The summed E-state index contributed by atoms with van der Waals surface area (Å²) in [4.78, 5) is 26.7. The number of nitrogens with zero attached hydrogens (tertiary/aromatic N) is 3. The van der Waals surface area contributed by atoms with Crippen molar-refractivity contribution in [2.75, 3.05) is 18.1 Å². The van der Waals surface area contributed by atoms with E-state index in [-0.39, 0.29) is 6.61 Å². The second-order valence-corrected chi connectivity index (χ2v) is 8.92. The molecule has 31 heavy (non-hydrogen) atoms. The molecule has 2 N–H and O–H groups in total. The van der Waals surface area contributed by atoms with E-state index >= 15 is 0 Å². The quantitative estimate of drug-likeness (QED) is 0.326. The van der Waals surface area contributed by atoms with Gasteiger partial charge in [-0.25, -0.2) is 19.7 Å². The molecule has 0 fully saturated rings. The molecule has 9 heteroatoms. The molecular formula is C22H27N5O2S2. The monoisotopic (exact) mass is 457 g/mol. The van der Waals surface area contributed by atoms with Gasteiger partial charge in [-0.2, -0.15) is 0 Å². The van der Waals surface area contributed by atoms with Crippen molar-refractivity contribution in [3.8, 4) is 21.8 Å². The van der Waals surface area contributed by atoms with Crippen LogP contribution in [0.3, 0.4) is 0 Å². The minimum Gasteiger partial charge on any atom is -0.445 e. The first-order valence-electron chi connectivity index (χ1n) is 10.1. The number of hydrogen-bond donors (Lipinski definition) is 2. The first kappa shape index (κ1) is 23.0. The van der Waals surface area contributed by atoms with E-state index in [0.29, 0.717) is 17.7 Å². The first-order valence-corrected chi connectivity index (χ1v) is 12.2. The molecule has 0 saturated carbocycles. The van der Waals surface area contributed by atoms with Crippen molar-refractivity contribution in [3.05, 3.63) is 42.1 Å². The molecule has 1 amide bonds. The molecule has 2 aromatic heterocycles. The maximum Gasteiger partial charge on any atom is 0.407 e. The Morgan fingerprint density at radius 2 is 2.00 bits per heavy atom. The van der Waals surface area contributed by atoms with Gasteiger partial charge in [0.05, 0.1) is 16.3 Å². The average molecular weight is 458 g/mol. The largest absolute Gasteiger partial charge is 0.445 e. The molecule has 0 aliphatic carbocycles. The number of hydrogen-bond acceptors (Lipinski definition) is 8. The fraction of sp³-hybridized carbons (Fsp3) is 0.364. The van der Waals surface area contributed by atoms with Gasteiger partial charge in [-0.15, -0.1) is 0 Å². The molecule has 7 nitrogen and oxygen atoms in total. The Hall–Kier alpha value is -2.65. The summed E-state index contributed by atoms with van der Waals surface area (Å²) in [5, 5.41) is 7.59. The molecule has 1 aromatic carbocycles. The summed E-state index contributed by atoms with van der Waals surface area (Å²) in [6.45, 7) is 6.92. The Balaban J connectivity index is 1.90. The highest BCUT2D eigenvalue weighted by Gasteiger charge is 2.14. The van der Waals surface area contributed by atoms with E-state index in [1.807, 2.05) is 49.7 Å². The summed E-state index contributed by atoms with van der Waals surface area (Å²) >= 11 is 3.05. The molecule has 0 unspecified atom stereocenters. The number of anilines is 1. The van der Waals surface area contributed by atoms with Crippen LogP contribution >= 0.6 is 23.1 Å². The summed E-state index contributed by atoms with van der Waals surface area (Å²) in [7, 11) is 0. The number of rotatable bonds is 9. The normalized spacial score (nSPS) is 10.9. The van der Waals surface area contributed by atoms with Crippen molar-refractivity contribution in [2.45, 2.75) is 45.0 Å². The van der Waals surface area contributed by atoms with Crippen LogP contribution in [-0.4, -0.2) is 39.9 Å². The predicted molar refractivity (Wildman–Crippen MR) is 128 cm³/mol. The van der Waals surface area contributed by atoms with Gasteiger partial charge in [0.2, 0.25) is 0 Å². The maximum atomic E-state index is 11.9. The van der Waals surface area contributed by atoms with Crippen LogP contribution in [0.2, 0.25) is 0 Å². The van der Waals surface area contributed by atoms with Crippen LogP contribution < -0.4 is 10.6 Å². The van der Waals surface area contributed by atoms with Gasteiger partial charge in [0.15, 0.2) is 10.3 Å². The van der Waals surface area contributed by atoms with Crippen molar-refractivity contribution < 1.29 is 9.53 Å². The zero-order chi connectivity index (χ0) is 22.2. The van der Waals surface area contributed by atoms with Crippen LogP contribution in [0.5, 0.6) is 0 Å². The number of thiazole rings is 1. The number of alkyl carbamates (subject to hydrolysis) is 1. The number of aromatic nitrogens is 3. The van der Waals surface area contributed by atoms with Crippen LogP contribution in [-0.2, 0) is 11.3 Å². The molecule has 0 atom stereocenters. The number of amides is 1. The summed E-state index contributed by atoms with van der Waals surface area (Å²) in [6, 6.07) is 10.1. The van der Waals surface area contributed by atoms with Crippen LogP contribution in [0.1, 0.15) is 32.8 Å². The van der Waals surface area contributed by atoms with Crippen molar-refractivity contribution >= 4 is 34.3 Å². The fourth-order valence-corrected chi connectivity index (χ4v) is 4.11. The zero-order valence-electron chi connectivity index (χ0n) is 18.1. The highest BCUT2D eigenvalue weighted by Crippen LogP contribution is 2.32. The Morgan fingerprint density at radius 1 is 1.23 bits per heavy atom. The number of nitrogens with one attached hydrogen (secondary N) is 2. The van der Waals surface area contributed by atoms with Gasteiger partial charge in [-0.1, -0.05) is 54.3 Å². The number of carbonyl (C=O) groups is 1. The van der Waals surface area contributed by atoms with Crippen LogP contribution in [0, 0.1) is 0 Å². The molecule has 0 spiro atoms. The van der Waals surface area contributed by atoms with Gasteiger partial charge in [0.25, 0.3) is 0 Å². The van der Waals surface area contributed by atoms with Gasteiger partial charge < -0.3 is 15.4 Å². The second kappa shape index (κ2) is 11.1. The molecule has 164 valence electrons. The summed E-state index contributed by atoms with van der Waals surface area (Å²) < 4.78 is 5.39. The van der Waals surface area contributed by atoms with E-state index in [9.17, 15) is 4.79 Å². The number of benzene rings is 1. The third-order valence-corrected chi connectivity index (χ3v) is 5.73. The van der Waals surface area contributed by atoms with Gasteiger partial charge in [0.1, 0.15) is 6.61 Å². The van der Waals surface area contributed by atoms with Gasteiger partial charge in [-0.05, 0) is 38.2 Å². The molecule has 0 aliphatic rings. The molecule has 2 heterocycles. The van der Waals surface area contributed by atoms with Crippen molar-refractivity contribution in [2.24, 2.45) is 0 Å². The summed E-state index contributed by atoms with van der Waals surface area (Å²) in [5.74, 6) is 0. The SMILES string of the molecule is CCCNC(=O)OCc1ccccc1-c1cc(-c2cnc(NC(C)C)s2)nc(SC)n1. The maximum absolute atomic E-state index is 11.9. The van der Waals surface area contributed by atoms with Crippen LogP contribution in [0.4, 0.5) is 9.93 Å². The zero-order valence-corrected chi connectivity index (χ0v) is 19.8. The molecule has 0 saturated heterocycles. The van der Waals surface area contributed by atoms with E-state index in [1.165, 1.54) is 11.8 Å². The molecule has 0 aliphatic heterocycles.